The second-order valence-electron chi connectivity index (χ2n) is 6.46. The average molecular weight is 395 g/mol. The molecule has 0 unspecified atom stereocenters. The summed E-state index contributed by atoms with van der Waals surface area (Å²) in [4.78, 5) is 51.1. The maximum absolute atomic E-state index is 13.4. The number of ketones is 2. The Morgan fingerprint density at radius 3 is 2.55 bits per heavy atom. The molecule has 3 rings (SSSR count). The molecule has 1 heterocycles. The third kappa shape index (κ3) is 4.63. The highest BCUT2D eigenvalue weighted by Crippen LogP contribution is 2.16. The topological polar surface area (TPSA) is 93.3 Å². The van der Waals surface area contributed by atoms with Gasteiger partial charge in [-0.3, -0.25) is 14.4 Å². The van der Waals surface area contributed by atoms with Crippen LogP contribution in [0.5, 0.6) is 0 Å². The average Bonchev–Trinajstić information content (AvgIpc) is 2.68. The van der Waals surface area contributed by atoms with Crippen molar-refractivity contribution in [3.05, 3.63) is 81.4 Å². The van der Waals surface area contributed by atoms with Gasteiger partial charge < -0.3 is 9.72 Å². The molecule has 0 bridgehead atoms. The first kappa shape index (κ1) is 20.1. The molecule has 6 nitrogen and oxygen atoms in total. The van der Waals surface area contributed by atoms with Crippen LogP contribution >= 0.6 is 0 Å². The Morgan fingerprint density at radius 1 is 1.07 bits per heavy atom. The zero-order valence-corrected chi connectivity index (χ0v) is 15.7. The minimum Gasteiger partial charge on any atom is -0.460 e. The summed E-state index contributed by atoms with van der Waals surface area (Å²) in [6.07, 6.45) is 0.904. The van der Waals surface area contributed by atoms with Crippen LogP contribution in [-0.2, 0) is 20.7 Å². The maximum atomic E-state index is 13.4. The van der Waals surface area contributed by atoms with Crippen LogP contribution in [0.25, 0.3) is 10.9 Å². The van der Waals surface area contributed by atoms with Gasteiger partial charge in [-0.25, -0.2) is 9.18 Å². The number of carbonyl (C=O) groups excluding carboxylic acids is 3. The van der Waals surface area contributed by atoms with Crippen molar-refractivity contribution >= 4 is 28.4 Å². The number of H-pyrrole nitrogens is 1. The number of pyridine rings is 1. The molecule has 7 heteroatoms. The van der Waals surface area contributed by atoms with Gasteiger partial charge in [-0.05, 0) is 48.7 Å². The zero-order chi connectivity index (χ0) is 21.0. The summed E-state index contributed by atoms with van der Waals surface area (Å²) >= 11 is 0. The van der Waals surface area contributed by atoms with E-state index in [0.717, 1.165) is 11.1 Å². The van der Waals surface area contributed by atoms with Gasteiger partial charge >= 0.3 is 5.97 Å². The van der Waals surface area contributed by atoms with Crippen molar-refractivity contribution in [2.45, 2.75) is 19.8 Å². The van der Waals surface area contributed by atoms with Gasteiger partial charge in [-0.15, -0.1) is 0 Å². The molecule has 0 aliphatic rings. The Balaban J connectivity index is 1.89. The van der Waals surface area contributed by atoms with E-state index in [-0.39, 0.29) is 23.4 Å². The lowest BCUT2D eigenvalue weighted by Crippen LogP contribution is -2.24. The predicted octanol–water partition coefficient (Wildman–Crippen LogP) is 2.96. The molecule has 1 N–H and O–H groups in total. The van der Waals surface area contributed by atoms with E-state index in [4.69, 9.17) is 0 Å². The molecule has 148 valence electrons. The molecule has 0 fully saturated rings. The molecule has 2 aromatic carbocycles. The first-order valence-electron chi connectivity index (χ1n) is 9.01. The number of ether oxygens (including phenoxy) is 1. The fourth-order valence-corrected chi connectivity index (χ4v) is 2.99. The summed E-state index contributed by atoms with van der Waals surface area (Å²) < 4.78 is 18.0. The monoisotopic (exact) mass is 395 g/mol. The number of rotatable bonds is 7. The van der Waals surface area contributed by atoms with Crippen molar-refractivity contribution in [1.29, 1.82) is 0 Å². The minimum absolute atomic E-state index is 0.0173. The van der Waals surface area contributed by atoms with E-state index in [2.05, 4.69) is 9.72 Å². The standard InChI is InChI=1S/C22H18FNO5/c1-2-29-22(28)20(26)11-19(25)17-12-24-18-7-6-14(10-16(18)21(17)27)8-13-4-3-5-15(23)9-13/h3-7,9-10,12H,2,8,11H2,1H3,(H,24,27). The van der Waals surface area contributed by atoms with Gasteiger partial charge in [0.15, 0.2) is 11.2 Å². The van der Waals surface area contributed by atoms with Crippen LogP contribution in [0.15, 0.2) is 53.5 Å². The number of hydrogen-bond donors (Lipinski definition) is 1. The van der Waals surface area contributed by atoms with Gasteiger partial charge in [0.25, 0.3) is 0 Å². The van der Waals surface area contributed by atoms with Gasteiger partial charge in [0.1, 0.15) is 5.82 Å². The Morgan fingerprint density at radius 2 is 1.83 bits per heavy atom. The van der Waals surface area contributed by atoms with Gasteiger partial charge in [-0.1, -0.05) is 18.2 Å². The fourth-order valence-electron chi connectivity index (χ4n) is 2.99. The maximum Gasteiger partial charge on any atom is 0.375 e. The minimum atomic E-state index is -1.10. The highest BCUT2D eigenvalue weighted by atomic mass is 19.1. The van der Waals surface area contributed by atoms with E-state index in [1.54, 1.807) is 37.3 Å². The first-order chi connectivity index (χ1) is 13.9. The molecule has 0 radical (unpaired) electrons. The lowest BCUT2D eigenvalue weighted by molar-refractivity contribution is -0.153. The van der Waals surface area contributed by atoms with Crippen molar-refractivity contribution in [1.82, 2.24) is 4.98 Å². The van der Waals surface area contributed by atoms with Crippen LogP contribution in [0, 0.1) is 5.82 Å². The number of halogens is 1. The summed E-state index contributed by atoms with van der Waals surface area (Å²) in [7, 11) is 0. The van der Waals surface area contributed by atoms with E-state index >= 15 is 0 Å². The normalized spacial score (nSPS) is 10.7. The Hall–Kier alpha value is -3.61. The Labute approximate surface area is 165 Å². The molecule has 0 aliphatic heterocycles. The molecule has 3 aromatic rings. The Bertz CT molecular complexity index is 1170. The number of aromatic amines is 1. The van der Waals surface area contributed by atoms with E-state index in [0.29, 0.717) is 11.9 Å². The first-order valence-corrected chi connectivity index (χ1v) is 9.01. The lowest BCUT2D eigenvalue weighted by atomic mass is 10.0. The zero-order valence-electron chi connectivity index (χ0n) is 15.7. The van der Waals surface area contributed by atoms with Crippen LogP contribution in [0.1, 0.15) is 34.8 Å². The summed E-state index contributed by atoms with van der Waals surface area (Å²) in [6.45, 7) is 1.56. The smallest absolute Gasteiger partial charge is 0.375 e. The number of aromatic nitrogens is 1. The third-order valence-electron chi connectivity index (χ3n) is 4.37. The number of esters is 1. The van der Waals surface area contributed by atoms with Crippen LogP contribution in [0.2, 0.25) is 0 Å². The fraction of sp³-hybridized carbons (Fsp3) is 0.182. The highest BCUT2D eigenvalue weighted by molar-refractivity contribution is 6.38. The number of fused-ring (bicyclic) bond motifs is 1. The van der Waals surface area contributed by atoms with E-state index in [9.17, 15) is 23.6 Å². The van der Waals surface area contributed by atoms with Crippen molar-refractivity contribution in [3.63, 3.8) is 0 Å². The number of Topliss-reactive ketones (excluding diaryl/α,β-unsaturated/α-hetero) is 2. The number of nitrogens with one attached hydrogen (secondary N) is 1. The van der Waals surface area contributed by atoms with Crippen molar-refractivity contribution < 1.29 is 23.5 Å². The second-order valence-corrected chi connectivity index (χ2v) is 6.46. The summed E-state index contributed by atoms with van der Waals surface area (Å²) in [5.74, 6) is -3.21. The van der Waals surface area contributed by atoms with Gasteiger partial charge in [0.2, 0.25) is 5.78 Å². The molecular weight excluding hydrogens is 377 g/mol. The van der Waals surface area contributed by atoms with Crippen molar-refractivity contribution in [2.75, 3.05) is 6.61 Å². The van der Waals surface area contributed by atoms with E-state index in [1.165, 1.54) is 18.3 Å². The van der Waals surface area contributed by atoms with E-state index < -0.39 is 29.4 Å². The molecular formula is C22H18FNO5. The quantitative estimate of drug-likeness (QED) is 0.287. The van der Waals surface area contributed by atoms with Crippen LogP contribution < -0.4 is 5.43 Å². The summed E-state index contributed by atoms with van der Waals surface area (Å²) in [6, 6.07) is 11.3. The third-order valence-corrected chi connectivity index (χ3v) is 4.37. The SMILES string of the molecule is CCOC(=O)C(=O)CC(=O)c1c[nH]c2ccc(Cc3cccc(F)c3)cc2c1=O. The lowest BCUT2D eigenvalue weighted by Gasteiger charge is -2.06. The van der Waals surface area contributed by atoms with Crippen LogP contribution in [-0.4, -0.2) is 29.1 Å². The largest absolute Gasteiger partial charge is 0.460 e. The van der Waals surface area contributed by atoms with Gasteiger partial charge in [0, 0.05) is 17.1 Å². The Kier molecular flexibility index (Phi) is 5.97. The highest BCUT2D eigenvalue weighted by Gasteiger charge is 2.22. The molecule has 0 aliphatic carbocycles. The molecule has 0 amide bonds. The van der Waals surface area contributed by atoms with Crippen LogP contribution in [0.3, 0.4) is 0 Å². The van der Waals surface area contributed by atoms with Crippen LogP contribution in [0.4, 0.5) is 4.39 Å². The molecule has 0 atom stereocenters. The predicted molar refractivity (Wildman–Crippen MR) is 104 cm³/mol. The van der Waals surface area contributed by atoms with Gasteiger partial charge in [0.05, 0.1) is 18.6 Å². The number of benzene rings is 2. The van der Waals surface area contributed by atoms with Gasteiger partial charge in [-0.2, -0.15) is 0 Å². The second kappa shape index (κ2) is 8.60. The summed E-state index contributed by atoms with van der Waals surface area (Å²) in [5, 5.41) is 0.272. The molecule has 0 saturated carbocycles. The van der Waals surface area contributed by atoms with E-state index in [1.807, 2.05) is 0 Å². The number of hydrogen-bond acceptors (Lipinski definition) is 5. The molecule has 1 aromatic heterocycles. The molecule has 0 saturated heterocycles. The van der Waals surface area contributed by atoms with Crippen molar-refractivity contribution in [2.24, 2.45) is 0 Å². The molecule has 0 spiro atoms. The van der Waals surface area contributed by atoms with Crippen molar-refractivity contribution in [3.8, 4) is 0 Å². The summed E-state index contributed by atoms with van der Waals surface area (Å²) in [5.41, 5.74) is 1.28. The molecule has 29 heavy (non-hydrogen) atoms. The number of carbonyl (C=O) groups is 3.